The van der Waals surface area contributed by atoms with E-state index in [1.165, 1.54) is 5.56 Å². The number of carbonyl (C=O) groups excluding carboxylic acids is 1. The van der Waals surface area contributed by atoms with Crippen LogP contribution in [0, 0.1) is 0 Å². The van der Waals surface area contributed by atoms with E-state index < -0.39 is 0 Å². The fourth-order valence-electron chi connectivity index (χ4n) is 3.35. The summed E-state index contributed by atoms with van der Waals surface area (Å²) in [6, 6.07) is 14.7. The van der Waals surface area contributed by atoms with E-state index in [0.717, 1.165) is 36.1 Å². The lowest BCUT2D eigenvalue weighted by molar-refractivity contribution is 0.0471. The molecule has 3 aromatic rings. The van der Waals surface area contributed by atoms with Crippen LogP contribution in [0.2, 0.25) is 0 Å². The molecule has 2 aromatic heterocycles. The van der Waals surface area contributed by atoms with Crippen molar-refractivity contribution >= 4 is 28.6 Å². The molecule has 0 saturated carbocycles. The highest BCUT2D eigenvalue weighted by Gasteiger charge is 2.29. The molecule has 1 aliphatic rings. The first-order valence-corrected chi connectivity index (χ1v) is 10.5. The van der Waals surface area contributed by atoms with Crippen LogP contribution in [-0.4, -0.2) is 46.4 Å². The standard InChI is InChI=1S/C20H21N3OS2/c1-15-12-22(13-16-6-3-2-4-7-16)9-10-23(15)20(24)17-14-26-19(21-17)18-8-5-11-25-18/h2-8,11,14-15H,9-10,12-13H2,1H3. The SMILES string of the molecule is CC1CN(Cc2ccccc2)CCN1C(=O)c1csc(-c2cccs2)n1. The van der Waals surface area contributed by atoms with Crippen LogP contribution in [0.3, 0.4) is 0 Å². The molecular weight excluding hydrogens is 362 g/mol. The van der Waals surface area contributed by atoms with Crippen molar-refractivity contribution in [1.82, 2.24) is 14.8 Å². The van der Waals surface area contributed by atoms with E-state index in [1.807, 2.05) is 33.9 Å². The van der Waals surface area contributed by atoms with Crippen LogP contribution in [0.25, 0.3) is 9.88 Å². The average molecular weight is 384 g/mol. The monoisotopic (exact) mass is 383 g/mol. The van der Waals surface area contributed by atoms with E-state index in [2.05, 4.69) is 41.1 Å². The highest BCUT2D eigenvalue weighted by molar-refractivity contribution is 7.20. The van der Waals surface area contributed by atoms with Crippen LogP contribution in [0.5, 0.6) is 0 Å². The molecule has 0 aliphatic carbocycles. The van der Waals surface area contributed by atoms with Crippen molar-refractivity contribution in [2.45, 2.75) is 19.5 Å². The molecule has 0 N–H and O–H groups in total. The Morgan fingerprint density at radius 2 is 2.00 bits per heavy atom. The number of hydrogen-bond donors (Lipinski definition) is 0. The summed E-state index contributed by atoms with van der Waals surface area (Å²) in [4.78, 5) is 23.0. The topological polar surface area (TPSA) is 36.4 Å². The number of rotatable bonds is 4. The Bertz CT molecular complexity index is 860. The first-order chi connectivity index (χ1) is 12.7. The van der Waals surface area contributed by atoms with Gasteiger partial charge in [0.15, 0.2) is 0 Å². The minimum atomic E-state index is 0.0518. The first-order valence-electron chi connectivity index (χ1n) is 8.77. The number of nitrogens with zero attached hydrogens (tertiary/aromatic N) is 3. The smallest absolute Gasteiger partial charge is 0.273 e. The number of piperazine rings is 1. The second-order valence-corrected chi connectivity index (χ2v) is 8.39. The number of benzene rings is 1. The zero-order chi connectivity index (χ0) is 17.9. The first kappa shape index (κ1) is 17.4. The lowest BCUT2D eigenvalue weighted by Gasteiger charge is -2.39. The summed E-state index contributed by atoms with van der Waals surface area (Å²) in [5.74, 6) is 0.0518. The van der Waals surface area contributed by atoms with Gasteiger partial charge in [-0.15, -0.1) is 22.7 Å². The maximum absolute atomic E-state index is 12.9. The molecule has 4 rings (SSSR count). The van der Waals surface area contributed by atoms with Crippen LogP contribution < -0.4 is 0 Å². The predicted octanol–water partition coefficient (Wildman–Crippen LogP) is 4.22. The summed E-state index contributed by atoms with van der Waals surface area (Å²) in [5.41, 5.74) is 1.89. The van der Waals surface area contributed by atoms with Crippen LogP contribution in [-0.2, 0) is 6.54 Å². The number of aromatic nitrogens is 1. The van der Waals surface area contributed by atoms with Gasteiger partial charge in [-0.2, -0.15) is 0 Å². The Kier molecular flexibility index (Phi) is 5.15. The largest absolute Gasteiger partial charge is 0.332 e. The molecule has 1 saturated heterocycles. The van der Waals surface area contributed by atoms with Gasteiger partial charge in [-0.1, -0.05) is 36.4 Å². The minimum Gasteiger partial charge on any atom is -0.332 e. The Hall–Kier alpha value is -2.02. The van der Waals surface area contributed by atoms with Crippen molar-refractivity contribution in [1.29, 1.82) is 0 Å². The van der Waals surface area contributed by atoms with Gasteiger partial charge in [-0.25, -0.2) is 4.98 Å². The van der Waals surface area contributed by atoms with Gasteiger partial charge in [0.25, 0.3) is 5.91 Å². The molecular formula is C20H21N3OS2. The number of carbonyl (C=O) groups is 1. The van der Waals surface area contributed by atoms with E-state index in [-0.39, 0.29) is 11.9 Å². The molecule has 1 aromatic carbocycles. The molecule has 6 heteroatoms. The summed E-state index contributed by atoms with van der Waals surface area (Å²) < 4.78 is 0. The Labute approximate surface area is 161 Å². The molecule has 1 fully saturated rings. The van der Waals surface area contributed by atoms with Crippen LogP contribution >= 0.6 is 22.7 Å². The quantitative estimate of drug-likeness (QED) is 0.677. The number of amides is 1. The summed E-state index contributed by atoms with van der Waals surface area (Å²) in [5, 5.41) is 4.85. The second-order valence-electron chi connectivity index (χ2n) is 6.58. The van der Waals surface area contributed by atoms with Crippen LogP contribution in [0.15, 0.2) is 53.2 Å². The van der Waals surface area contributed by atoms with Crippen molar-refractivity contribution in [3.05, 3.63) is 64.5 Å². The third-order valence-corrected chi connectivity index (χ3v) is 6.56. The van der Waals surface area contributed by atoms with Gasteiger partial charge in [0, 0.05) is 37.6 Å². The molecule has 4 nitrogen and oxygen atoms in total. The predicted molar refractivity (Wildman–Crippen MR) is 108 cm³/mol. The number of hydrogen-bond acceptors (Lipinski definition) is 5. The minimum absolute atomic E-state index is 0.0518. The Morgan fingerprint density at radius 1 is 1.15 bits per heavy atom. The number of thiophene rings is 1. The fraction of sp³-hybridized carbons (Fsp3) is 0.300. The zero-order valence-corrected chi connectivity index (χ0v) is 16.3. The summed E-state index contributed by atoms with van der Waals surface area (Å²) in [7, 11) is 0. The van der Waals surface area contributed by atoms with Gasteiger partial charge >= 0.3 is 0 Å². The van der Waals surface area contributed by atoms with Gasteiger partial charge in [0.05, 0.1) is 4.88 Å². The Balaban J connectivity index is 1.40. The van der Waals surface area contributed by atoms with Gasteiger partial charge in [-0.05, 0) is 23.9 Å². The van der Waals surface area contributed by atoms with Crippen LogP contribution in [0.4, 0.5) is 0 Å². The van der Waals surface area contributed by atoms with Crippen molar-refractivity contribution in [2.75, 3.05) is 19.6 Å². The van der Waals surface area contributed by atoms with E-state index in [9.17, 15) is 4.79 Å². The third kappa shape index (κ3) is 3.72. The van der Waals surface area contributed by atoms with Crippen LogP contribution in [0.1, 0.15) is 23.0 Å². The molecule has 134 valence electrons. The lowest BCUT2D eigenvalue weighted by Crippen LogP contribution is -2.53. The number of thiazole rings is 1. The van der Waals surface area contributed by atoms with Crippen molar-refractivity contribution in [2.24, 2.45) is 0 Å². The normalized spacial score (nSPS) is 18.2. The summed E-state index contributed by atoms with van der Waals surface area (Å²) in [6.07, 6.45) is 0. The van der Waals surface area contributed by atoms with Gasteiger partial charge in [0.1, 0.15) is 10.7 Å². The maximum atomic E-state index is 12.9. The van der Waals surface area contributed by atoms with Crippen molar-refractivity contribution < 1.29 is 4.79 Å². The van der Waals surface area contributed by atoms with Crippen molar-refractivity contribution in [3.8, 4) is 9.88 Å². The Morgan fingerprint density at radius 3 is 2.73 bits per heavy atom. The molecule has 1 unspecified atom stereocenters. The van der Waals surface area contributed by atoms with Gasteiger partial charge in [0.2, 0.25) is 0 Å². The van der Waals surface area contributed by atoms with Gasteiger partial charge in [-0.3, -0.25) is 9.69 Å². The zero-order valence-electron chi connectivity index (χ0n) is 14.7. The average Bonchev–Trinajstić information content (AvgIpc) is 3.34. The molecule has 0 spiro atoms. The molecule has 0 bridgehead atoms. The van der Waals surface area contributed by atoms with Gasteiger partial charge < -0.3 is 4.90 Å². The van der Waals surface area contributed by atoms with E-state index in [4.69, 9.17) is 0 Å². The molecule has 1 aliphatic heterocycles. The fourth-order valence-corrected chi connectivity index (χ4v) is 4.96. The summed E-state index contributed by atoms with van der Waals surface area (Å²) in [6.45, 7) is 5.60. The van der Waals surface area contributed by atoms with E-state index >= 15 is 0 Å². The second kappa shape index (κ2) is 7.70. The highest BCUT2D eigenvalue weighted by Crippen LogP contribution is 2.28. The molecule has 26 heavy (non-hydrogen) atoms. The van der Waals surface area contributed by atoms with Crippen molar-refractivity contribution in [3.63, 3.8) is 0 Å². The maximum Gasteiger partial charge on any atom is 0.273 e. The highest BCUT2D eigenvalue weighted by atomic mass is 32.1. The third-order valence-electron chi connectivity index (χ3n) is 4.68. The molecule has 0 radical (unpaired) electrons. The summed E-state index contributed by atoms with van der Waals surface area (Å²) >= 11 is 3.20. The lowest BCUT2D eigenvalue weighted by atomic mass is 10.1. The molecule has 1 amide bonds. The molecule has 3 heterocycles. The molecule has 1 atom stereocenters. The van der Waals surface area contributed by atoms with E-state index in [1.54, 1.807) is 22.7 Å². The van der Waals surface area contributed by atoms with E-state index in [0.29, 0.717) is 5.69 Å².